The minimum absolute atomic E-state index is 0.243. The molecule has 112 valence electrons. The van der Waals surface area contributed by atoms with Crippen LogP contribution in [0.15, 0.2) is 48.5 Å². The van der Waals surface area contributed by atoms with E-state index in [4.69, 9.17) is 10.00 Å². The smallest absolute Gasteiger partial charge is 0.315 e. The number of carbonyl (C=O) groups excluding carboxylic acids is 1. The summed E-state index contributed by atoms with van der Waals surface area (Å²) in [6, 6.07) is 16.4. The average Bonchev–Trinajstić information content (AvgIpc) is 2.58. The Morgan fingerprint density at radius 1 is 1.09 bits per heavy atom. The van der Waals surface area contributed by atoms with Crippen LogP contribution in [-0.4, -0.2) is 13.1 Å². The number of nitrogens with zero attached hydrogens (tertiary/aromatic N) is 1. The van der Waals surface area contributed by atoms with Crippen molar-refractivity contribution in [3.05, 3.63) is 65.2 Å². The number of hydrogen-bond donors (Lipinski definition) is 2. The van der Waals surface area contributed by atoms with E-state index < -0.39 is 0 Å². The molecule has 0 saturated carbocycles. The molecule has 0 aromatic heterocycles. The number of rotatable bonds is 5. The third kappa shape index (κ3) is 4.53. The van der Waals surface area contributed by atoms with E-state index in [1.807, 2.05) is 36.4 Å². The van der Waals surface area contributed by atoms with Crippen molar-refractivity contribution < 1.29 is 9.53 Å². The third-order valence-corrected chi connectivity index (χ3v) is 3.12. The van der Waals surface area contributed by atoms with Crippen molar-refractivity contribution in [3.63, 3.8) is 0 Å². The van der Waals surface area contributed by atoms with Gasteiger partial charge in [-0.1, -0.05) is 24.3 Å². The zero-order valence-corrected chi connectivity index (χ0v) is 12.3. The van der Waals surface area contributed by atoms with Gasteiger partial charge in [0.2, 0.25) is 0 Å². The molecule has 2 aromatic carbocycles. The molecule has 0 saturated heterocycles. The van der Waals surface area contributed by atoms with E-state index in [9.17, 15) is 4.79 Å². The topological polar surface area (TPSA) is 74.2 Å². The van der Waals surface area contributed by atoms with Gasteiger partial charge in [0.05, 0.1) is 18.7 Å². The van der Waals surface area contributed by atoms with Gasteiger partial charge in [0, 0.05) is 13.1 Å². The molecule has 0 radical (unpaired) electrons. The molecule has 0 aliphatic rings. The molecular formula is C17H17N3O2. The molecule has 0 atom stereocenters. The Morgan fingerprint density at radius 3 is 2.41 bits per heavy atom. The first kappa shape index (κ1) is 15.4. The number of nitrogens with one attached hydrogen (secondary N) is 2. The minimum Gasteiger partial charge on any atom is -0.497 e. The second-order valence-corrected chi connectivity index (χ2v) is 4.70. The van der Waals surface area contributed by atoms with Crippen LogP contribution < -0.4 is 15.4 Å². The second kappa shape index (κ2) is 7.70. The number of urea groups is 1. The number of ether oxygens (including phenoxy) is 1. The molecule has 2 rings (SSSR count). The van der Waals surface area contributed by atoms with Gasteiger partial charge in [-0.15, -0.1) is 0 Å². The molecule has 0 spiro atoms. The lowest BCUT2D eigenvalue weighted by atomic mass is 10.1. The lowest BCUT2D eigenvalue weighted by Crippen LogP contribution is -2.34. The van der Waals surface area contributed by atoms with Gasteiger partial charge in [-0.05, 0) is 35.4 Å². The van der Waals surface area contributed by atoms with Crippen LogP contribution in [0.25, 0.3) is 0 Å². The Labute approximate surface area is 129 Å². The van der Waals surface area contributed by atoms with E-state index >= 15 is 0 Å². The Balaban J connectivity index is 1.79. The van der Waals surface area contributed by atoms with Crippen molar-refractivity contribution in [2.24, 2.45) is 0 Å². The van der Waals surface area contributed by atoms with Crippen LogP contribution in [0.3, 0.4) is 0 Å². The summed E-state index contributed by atoms with van der Waals surface area (Å²) >= 11 is 0. The van der Waals surface area contributed by atoms with Crippen molar-refractivity contribution in [1.82, 2.24) is 10.6 Å². The molecule has 22 heavy (non-hydrogen) atoms. The predicted octanol–water partition coefficient (Wildman–Crippen LogP) is 2.57. The molecule has 0 bridgehead atoms. The fourth-order valence-electron chi connectivity index (χ4n) is 1.91. The molecule has 0 aliphatic carbocycles. The van der Waals surface area contributed by atoms with Crippen molar-refractivity contribution >= 4 is 6.03 Å². The van der Waals surface area contributed by atoms with E-state index in [0.29, 0.717) is 18.7 Å². The zero-order chi connectivity index (χ0) is 15.8. The maximum absolute atomic E-state index is 11.8. The molecule has 2 N–H and O–H groups in total. The van der Waals surface area contributed by atoms with Crippen LogP contribution in [0.4, 0.5) is 4.79 Å². The zero-order valence-electron chi connectivity index (χ0n) is 12.3. The van der Waals surface area contributed by atoms with Crippen molar-refractivity contribution in [2.75, 3.05) is 7.11 Å². The van der Waals surface area contributed by atoms with Gasteiger partial charge in [-0.2, -0.15) is 5.26 Å². The number of nitriles is 1. The van der Waals surface area contributed by atoms with Gasteiger partial charge in [-0.25, -0.2) is 4.79 Å². The number of methoxy groups -OCH3 is 1. The van der Waals surface area contributed by atoms with E-state index in [0.717, 1.165) is 16.9 Å². The SMILES string of the molecule is COc1cccc(CNC(=O)NCc2ccc(C#N)cc2)c1. The highest BCUT2D eigenvalue weighted by molar-refractivity contribution is 5.73. The molecule has 2 amide bonds. The maximum Gasteiger partial charge on any atom is 0.315 e. The summed E-state index contributed by atoms with van der Waals surface area (Å²) in [5.74, 6) is 0.761. The molecule has 2 aromatic rings. The van der Waals surface area contributed by atoms with Crippen molar-refractivity contribution in [3.8, 4) is 11.8 Å². The van der Waals surface area contributed by atoms with E-state index in [2.05, 4.69) is 16.7 Å². The maximum atomic E-state index is 11.8. The standard InChI is InChI=1S/C17H17N3O2/c1-22-16-4-2-3-15(9-16)12-20-17(21)19-11-14-7-5-13(10-18)6-8-14/h2-9H,11-12H2,1H3,(H2,19,20,21). The Hall–Kier alpha value is -3.00. The van der Waals surface area contributed by atoms with Gasteiger partial charge in [0.1, 0.15) is 5.75 Å². The fraction of sp³-hybridized carbons (Fsp3) is 0.176. The fourth-order valence-corrected chi connectivity index (χ4v) is 1.91. The highest BCUT2D eigenvalue weighted by atomic mass is 16.5. The molecular weight excluding hydrogens is 278 g/mol. The lowest BCUT2D eigenvalue weighted by Gasteiger charge is -2.09. The normalized spacial score (nSPS) is 9.64. The predicted molar refractivity (Wildman–Crippen MR) is 83.2 cm³/mol. The molecule has 0 unspecified atom stereocenters. The monoisotopic (exact) mass is 295 g/mol. The minimum atomic E-state index is -0.243. The number of hydrogen-bond acceptors (Lipinski definition) is 3. The second-order valence-electron chi connectivity index (χ2n) is 4.70. The van der Waals surface area contributed by atoms with Crippen LogP contribution in [0.1, 0.15) is 16.7 Å². The quantitative estimate of drug-likeness (QED) is 0.890. The summed E-state index contributed by atoms with van der Waals surface area (Å²) in [4.78, 5) is 11.8. The largest absolute Gasteiger partial charge is 0.497 e. The first-order chi connectivity index (χ1) is 10.7. The summed E-state index contributed by atoms with van der Waals surface area (Å²) in [7, 11) is 1.61. The van der Waals surface area contributed by atoms with E-state index in [1.165, 1.54) is 0 Å². The van der Waals surface area contributed by atoms with Crippen LogP contribution in [-0.2, 0) is 13.1 Å². The molecule has 0 heterocycles. The molecule has 0 aliphatic heterocycles. The van der Waals surface area contributed by atoms with Gasteiger partial charge < -0.3 is 15.4 Å². The van der Waals surface area contributed by atoms with Gasteiger partial charge in [0.15, 0.2) is 0 Å². The van der Waals surface area contributed by atoms with Crippen LogP contribution >= 0.6 is 0 Å². The Morgan fingerprint density at radius 2 is 1.77 bits per heavy atom. The van der Waals surface area contributed by atoms with E-state index in [-0.39, 0.29) is 6.03 Å². The van der Waals surface area contributed by atoms with Gasteiger partial charge in [0.25, 0.3) is 0 Å². The van der Waals surface area contributed by atoms with Crippen molar-refractivity contribution in [2.45, 2.75) is 13.1 Å². The molecule has 0 fully saturated rings. The molecule has 5 heteroatoms. The first-order valence-corrected chi connectivity index (χ1v) is 6.85. The average molecular weight is 295 g/mol. The van der Waals surface area contributed by atoms with Gasteiger partial charge in [-0.3, -0.25) is 0 Å². The summed E-state index contributed by atoms with van der Waals surface area (Å²) < 4.78 is 5.13. The van der Waals surface area contributed by atoms with Crippen LogP contribution in [0.5, 0.6) is 5.75 Å². The lowest BCUT2D eigenvalue weighted by molar-refractivity contribution is 0.240. The van der Waals surface area contributed by atoms with Gasteiger partial charge >= 0.3 is 6.03 Å². The third-order valence-electron chi connectivity index (χ3n) is 3.12. The highest BCUT2D eigenvalue weighted by Gasteiger charge is 2.02. The highest BCUT2D eigenvalue weighted by Crippen LogP contribution is 2.12. The number of amides is 2. The summed E-state index contributed by atoms with van der Waals surface area (Å²) in [5.41, 5.74) is 2.51. The molecule has 5 nitrogen and oxygen atoms in total. The van der Waals surface area contributed by atoms with Crippen LogP contribution in [0, 0.1) is 11.3 Å². The Bertz CT molecular complexity index is 675. The number of carbonyl (C=O) groups is 1. The Kier molecular flexibility index (Phi) is 5.38. The first-order valence-electron chi connectivity index (χ1n) is 6.85. The van der Waals surface area contributed by atoms with Crippen LogP contribution in [0.2, 0.25) is 0 Å². The van der Waals surface area contributed by atoms with Crippen molar-refractivity contribution in [1.29, 1.82) is 5.26 Å². The van der Waals surface area contributed by atoms with E-state index in [1.54, 1.807) is 19.2 Å². The summed E-state index contributed by atoms with van der Waals surface area (Å²) in [5, 5.41) is 14.3. The number of benzene rings is 2. The summed E-state index contributed by atoms with van der Waals surface area (Å²) in [6.45, 7) is 0.839. The summed E-state index contributed by atoms with van der Waals surface area (Å²) in [6.07, 6.45) is 0.